The van der Waals surface area contributed by atoms with Gasteiger partial charge in [0, 0.05) is 13.7 Å². The van der Waals surface area contributed by atoms with Crippen LogP contribution in [0.5, 0.6) is 0 Å². The van der Waals surface area contributed by atoms with Gasteiger partial charge in [-0.3, -0.25) is 5.32 Å². The Hall–Kier alpha value is -0.630. The van der Waals surface area contributed by atoms with E-state index < -0.39 is 0 Å². The van der Waals surface area contributed by atoms with Crippen LogP contribution in [0.2, 0.25) is 0 Å². The number of methoxy groups -OCH3 is 1. The Morgan fingerprint density at radius 2 is 2.26 bits per heavy atom. The summed E-state index contributed by atoms with van der Waals surface area (Å²) in [7, 11) is 1.81. The normalized spacial score (nSPS) is 27.7. The van der Waals surface area contributed by atoms with E-state index in [-0.39, 0.29) is 5.54 Å². The third-order valence-corrected chi connectivity index (χ3v) is 4.24. The molecule has 0 aliphatic carbocycles. The maximum atomic E-state index is 9.22. The molecule has 3 unspecified atom stereocenters. The number of nitrogens with one attached hydrogen (secondary N) is 1. The molecular weight excluding hydrogens is 238 g/mol. The molecule has 19 heavy (non-hydrogen) atoms. The van der Waals surface area contributed by atoms with Crippen molar-refractivity contribution >= 4 is 0 Å². The van der Waals surface area contributed by atoms with Crippen molar-refractivity contribution < 1.29 is 4.74 Å². The quantitative estimate of drug-likeness (QED) is 0.766. The van der Waals surface area contributed by atoms with Gasteiger partial charge in [-0.05, 0) is 51.7 Å². The second kappa shape index (κ2) is 7.84. The summed E-state index contributed by atoms with van der Waals surface area (Å²) in [6.07, 6.45) is 3.54. The van der Waals surface area contributed by atoms with E-state index >= 15 is 0 Å². The number of hydrogen-bond donors (Lipinski definition) is 1. The Labute approximate surface area is 118 Å². The number of nitriles is 1. The van der Waals surface area contributed by atoms with Crippen molar-refractivity contribution in [3.63, 3.8) is 0 Å². The van der Waals surface area contributed by atoms with Crippen molar-refractivity contribution in [3.05, 3.63) is 0 Å². The standard InChI is InChI=1S/C15H29N3O/c1-5-17-15(3,12-16)8-6-9-18-10-7-13(2)14(11-18)19-4/h13-14,17H,5-11H2,1-4H3. The SMILES string of the molecule is CCNC(C)(C#N)CCCN1CCC(C)C(OC)C1. The highest BCUT2D eigenvalue weighted by Gasteiger charge is 2.27. The number of likely N-dealkylation sites (tertiary alicyclic amines) is 1. The Morgan fingerprint density at radius 3 is 2.84 bits per heavy atom. The van der Waals surface area contributed by atoms with E-state index in [0.29, 0.717) is 12.0 Å². The number of rotatable bonds is 7. The number of ether oxygens (including phenoxy) is 1. The monoisotopic (exact) mass is 267 g/mol. The van der Waals surface area contributed by atoms with Gasteiger partial charge in [-0.15, -0.1) is 0 Å². The average molecular weight is 267 g/mol. The summed E-state index contributed by atoms with van der Waals surface area (Å²) in [5.74, 6) is 0.660. The van der Waals surface area contributed by atoms with Crippen molar-refractivity contribution in [2.75, 3.05) is 33.3 Å². The molecule has 3 atom stereocenters. The fourth-order valence-corrected chi connectivity index (χ4v) is 2.84. The van der Waals surface area contributed by atoms with E-state index in [4.69, 9.17) is 4.74 Å². The topological polar surface area (TPSA) is 48.3 Å². The summed E-state index contributed by atoms with van der Waals surface area (Å²) in [6.45, 7) is 10.4. The molecule has 4 heteroatoms. The summed E-state index contributed by atoms with van der Waals surface area (Å²) in [6, 6.07) is 2.39. The van der Waals surface area contributed by atoms with Gasteiger partial charge in [0.15, 0.2) is 0 Å². The van der Waals surface area contributed by atoms with Crippen LogP contribution in [0.15, 0.2) is 0 Å². The highest BCUT2D eigenvalue weighted by atomic mass is 16.5. The second-order valence-electron chi connectivity index (χ2n) is 5.92. The van der Waals surface area contributed by atoms with Gasteiger partial charge in [0.25, 0.3) is 0 Å². The Balaban J connectivity index is 2.31. The summed E-state index contributed by atoms with van der Waals surface area (Å²) in [5, 5.41) is 12.5. The summed E-state index contributed by atoms with van der Waals surface area (Å²) in [4.78, 5) is 2.47. The first-order valence-corrected chi connectivity index (χ1v) is 7.46. The molecule has 1 heterocycles. The fraction of sp³-hybridized carbons (Fsp3) is 0.933. The molecule has 1 aliphatic rings. The molecule has 0 saturated carbocycles. The number of nitrogens with zero attached hydrogens (tertiary/aromatic N) is 2. The predicted molar refractivity (Wildman–Crippen MR) is 77.9 cm³/mol. The first kappa shape index (κ1) is 16.4. The van der Waals surface area contributed by atoms with Gasteiger partial charge in [0.1, 0.15) is 5.54 Å². The highest BCUT2D eigenvalue weighted by Crippen LogP contribution is 2.20. The zero-order valence-electron chi connectivity index (χ0n) is 12.9. The molecular formula is C15H29N3O. The number of hydrogen-bond acceptors (Lipinski definition) is 4. The van der Waals surface area contributed by atoms with E-state index in [1.165, 1.54) is 6.42 Å². The molecule has 1 N–H and O–H groups in total. The van der Waals surface area contributed by atoms with E-state index in [9.17, 15) is 5.26 Å². The van der Waals surface area contributed by atoms with Crippen molar-refractivity contribution in [1.29, 1.82) is 5.26 Å². The summed E-state index contributed by atoms with van der Waals surface area (Å²) in [5.41, 5.74) is -0.377. The van der Waals surface area contributed by atoms with Crippen LogP contribution in [0.4, 0.5) is 0 Å². The first-order valence-electron chi connectivity index (χ1n) is 7.46. The van der Waals surface area contributed by atoms with Gasteiger partial charge in [-0.1, -0.05) is 13.8 Å². The van der Waals surface area contributed by atoms with Crippen LogP contribution in [-0.2, 0) is 4.74 Å². The third-order valence-electron chi connectivity index (χ3n) is 4.24. The zero-order valence-corrected chi connectivity index (χ0v) is 12.9. The molecule has 0 aromatic carbocycles. The molecule has 0 aromatic rings. The molecule has 0 aromatic heterocycles. The highest BCUT2D eigenvalue weighted by molar-refractivity contribution is 5.03. The van der Waals surface area contributed by atoms with E-state index in [0.717, 1.165) is 39.0 Å². The van der Waals surface area contributed by atoms with E-state index in [1.54, 1.807) is 0 Å². The van der Waals surface area contributed by atoms with Crippen molar-refractivity contribution in [2.24, 2.45) is 5.92 Å². The van der Waals surface area contributed by atoms with Crippen molar-refractivity contribution in [3.8, 4) is 6.07 Å². The maximum Gasteiger partial charge on any atom is 0.103 e. The second-order valence-corrected chi connectivity index (χ2v) is 5.92. The molecule has 1 fully saturated rings. The summed E-state index contributed by atoms with van der Waals surface area (Å²) >= 11 is 0. The minimum Gasteiger partial charge on any atom is -0.380 e. The lowest BCUT2D eigenvalue weighted by molar-refractivity contribution is -0.00551. The smallest absolute Gasteiger partial charge is 0.103 e. The van der Waals surface area contributed by atoms with Crippen LogP contribution in [0.25, 0.3) is 0 Å². The van der Waals surface area contributed by atoms with Gasteiger partial charge >= 0.3 is 0 Å². The largest absolute Gasteiger partial charge is 0.380 e. The van der Waals surface area contributed by atoms with Crippen LogP contribution >= 0.6 is 0 Å². The Kier molecular flexibility index (Phi) is 6.78. The lowest BCUT2D eigenvalue weighted by Gasteiger charge is -2.36. The molecule has 0 amide bonds. The molecule has 4 nitrogen and oxygen atoms in total. The first-order chi connectivity index (χ1) is 9.04. The molecule has 110 valence electrons. The number of piperidine rings is 1. The Bertz CT molecular complexity index is 302. The molecule has 1 aliphatic heterocycles. The average Bonchev–Trinajstić information content (AvgIpc) is 2.41. The maximum absolute atomic E-state index is 9.22. The minimum absolute atomic E-state index is 0.366. The lowest BCUT2D eigenvalue weighted by Crippen LogP contribution is -2.45. The van der Waals surface area contributed by atoms with E-state index in [2.05, 4.69) is 23.2 Å². The zero-order chi connectivity index (χ0) is 14.3. The van der Waals surface area contributed by atoms with Gasteiger partial charge in [-0.25, -0.2) is 0 Å². The van der Waals surface area contributed by atoms with Gasteiger partial charge in [0.05, 0.1) is 12.2 Å². The Morgan fingerprint density at radius 1 is 1.53 bits per heavy atom. The van der Waals surface area contributed by atoms with Crippen molar-refractivity contribution in [1.82, 2.24) is 10.2 Å². The van der Waals surface area contributed by atoms with Crippen LogP contribution < -0.4 is 5.32 Å². The van der Waals surface area contributed by atoms with Crippen LogP contribution in [0.1, 0.15) is 40.0 Å². The molecule has 0 spiro atoms. The van der Waals surface area contributed by atoms with Gasteiger partial charge in [-0.2, -0.15) is 5.26 Å². The third kappa shape index (κ3) is 5.10. The molecule has 0 radical (unpaired) electrons. The van der Waals surface area contributed by atoms with Crippen LogP contribution in [-0.4, -0.2) is 49.8 Å². The predicted octanol–water partition coefficient (Wildman–Crippen LogP) is 2.02. The molecule has 1 saturated heterocycles. The lowest BCUT2D eigenvalue weighted by atomic mass is 9.94. The van der Waals surface area contributed by atoms with E-state index in [1.807, 2.05) is 21.0 Å². The van der Waals surface area contributed by atoms with Crippen molar-refractivity contribution in [2.45, 2.75) is 51.7 Å². The molecule has 0 bridgehead atoms. The minimum atomic E-state index is -0.377. The fourth-order valence-electron chi connectivity index (χ4n) is 2.84. The van der Waals surface area contributed by atoms with Crippen LogP contribution in [0, 0.1) is 17.2 Å². The van der Waals surface area contributed by atoms with Gasteiger partial charge in [0.2, 0.25) is 0 Å². The summed E-state index contributed by atoms with van der Waals surface area (Å²) < 4.78 is 5.53. The van der Waals surface area contributed by atoms with Gasteiger partial charge < -0.3 is 9.64 Å². The molecule has 1 rings (SSSR count). The van der Waals surface area contributed by atoms with Crippen LogP contribution in [0.3, 0.4) is 0 Å².